The maximum absolute atomic E-state index is 10.2. The Morgan fingerprint density at radius 2 is 2.46 bits per heavy atom. The molecule has 0 aliphatic rings. The monoisotopic (exact) mass is 245 g/mol. The lowest BCUT2D eigenvalue weighted by molar-refractivity contribution is -0.139. The highest BCUT2D eigenvalue weighted by molar-refractivity contribution is 9.10. The Bertz CT molecular complexity index is 327. The number of aryl methyl sites for hydroxylation is 1. The smallest absolute Gasteiger partial charge is 0.341 e. The number of rotatable bonds is 3. The number of ether oxygens (including phenoxy) is 1. The molecule has 1 rings (SSSR count). The highest BCUT2D eigenvalue weighted by Gasteiger charge is 2.04. The van der Waals surface area contributed by atoms with E-state index in [9.17, 15) is 4.79 Å². The number of pyridine rings is 1. The van der Waals surface area contributed by atoms with Gasteiger partial charge in [0.2, 0.25) is 5.88 Å². The highest BCUT2D eigenvalue weighted by Crippen LogP contribution is 2.22. The van der Waals surface area contributed by atoms with Gasteiger partial charge in [-0.15, -0.1) is 0 Å². The van der Waals surface area contributed by atoms with Crippen LogP contribution in [0.4, 0.5) is 0 Å². The Hall–Kier alpha value is -1.10. The van der Waals surface area contributed by atoms with Gasteiger partial charge in [0.25, 0.3) is 0 Å². The molecule has 1 heterocycles. The summed E-state index contributed by atoms with van der Waals surface area (Å²) in [6, 6.07) is 1.81. The summed E-state index contributed by atoms with van der Waals surface area (Å²) < 4.78 is 5.56. The molecule has 1 aromatic heterocycles. The molecule has 5 heteroatoms. The Labute approximate surface area is 83.7 Å². The molecule has 0 aliphatic heterocycles. The Morgan fingerprint density at radius 1 is 1.77 bits per heavy atom. The number of carbonyl (C=O) groups is 1. The third kappa shape index (κ3) is 3.02. The van der Waals surface area contributed by atoms with Crippen LogP contribution >= 0.6 is 15.9 Å². The molecule has 0 atom stereocenters. The van der Waals surface area contributed by atoms with Gasteiger partial charge in [-0.05, 0) is 34.5 Å². The molecule has 1 N–H and O–H groups in total. The van der Waals surface area contributed by atoms with Crippen molar-refractivity contribution in [3.63, 3.8) is 0 Å². The van der Waals surface area contributed by atoms with Gasteiger partial charge in [-0.2, -0.15) is 0 Å². The Kier molecular flexibility index (Phi) is 3.25. The fraction of sp³-hybridized carbons (Fsp3) is 0.250. The van der Waals surface area contributed by atoms with E-state index in [-0.39, 0.29) is 6.61 Å². The van der Waals surface area contributed by atoms with Crippen molar-refractivity contribution >= 4 is 21.9 Å². The van der Waals surface area contributed by atoms with Gasteiger partial charge in [0, 0.05) is 6.20 Å². The molecule has 0 spiro atoms. The minimum Gasteiger partial charge on any atom is -0.479 e. The lowest BCUT2D eigenvalue weighted by Gasteiger charge is -2.04. The van der Waals surface area contributed by atoms with E-state index < -0.39 is 5.97 Å². The van der Waals surface area contributed by atoms with E-state index in [0.29, 0.717) is 10.4 Å². The van der Waals surface area contributed by atoms with Gasteiger partial charge < -0.3 is 9.84 Å². The number of aliphatic carboxylic acids is 1. The number of carboxylic acids is 1. The second-order valence-corrected chi connectivity index (χ2v) is 3.34. The number of hydrogen-bond donors (Lipinski definition) is 1. The molecule has 4 nitrogen and oxygen atoms in total. The second kappa shape index (κ2) is 4.23. The minimum absolute atomic E-state index is 0.299. The van der Waals surface area contributed by atoms with E-state index in [2.05, 4.69) is 20.9 Å². The van der Waals surface area contributed by atoms with Crippen molar-refractivity contribution in [3.05, 3.63) is 22.3 Å². The first-order valence-corrected chi connectivity index (χ1v) is 4.35. The van der Waals surface area contributed by atoms with Crippen LogP contribution in [0, 0.1) is 6.92 Å². The summed E-state index contributed by atoms with van der Waals surface area (Å²) in [5, 5.41) is 8.35. The van der Waals surface area contributed by atoms with Gasteiger partial charge in [0.15, 0.2) is 6.61 Å². The number of hydrogen-bond acceptors (Lipinski definition) is 3. The zero-order chi connectivity index (χ0) is 9.84. The fourth-order valence-corrected chi connectivity index (χ4v) is 1.34. The summed E-state index contributed by atoms with van der Waals surface area (Å²) in [5.41, 5.74) is 0.981. The summed E-state index contributed by atoms with van der Waals surface area (Å²) in [6.45, 7) is 1.51. The molecule has 0 unspecified atom stereocenters. The molecular formula is C8H8BrNO3. The summed E-state index contributed by atoms with van der Waals surface area (Å²) in [6.07, 6.45) is 1.61. The fourth-order valence-electron chi connectivity index (χ4n) is 0.757. The molecule has 0 aliphatic carbocycles. The lowest BCUT2D eigenvalue weighted by atomic mass is 10.3. The standard InChI is InChI=1S/C8H8BrNO3/c1-5-2-6(9)8(10-3-5)13-4-7(11)12/h2-3H,4H2,1H3,(H,11,12). The van der Waals surface area contributed by atoms with Gasteiger partial charge in [0.1, 0.15) is 0 Å². The molecule has 70 valence electrons. The van der Waals surface area contributed by atoms with E-state index in [1.165, 1.54) is 0 Å². The first-order chi connectivity index (χ1) is 6.09. The quantitative estimate of drug-likeness (QED) is 0.880. The van der Waals surface area contributed by atoms with Crippen molar-refractivity contribution < 1.29 is 14.6 Å². The van der Waals surface area contributed by atoms with E-state index in [0.717, 1.165) is 5.56 Å². The molecule has 0 saturated heterocycles. The summed E-state index contributed by atoms with van der Waals surface area (Å²) in [5.74, 6) is -0.720. The van der Waals surface area contributed by atoms with E-state index in [4.69, 9.17) is 9.84 Å². The summed E-state index contributed by atoms with van der Waals surface area (Å²) in [4.78, 5) is 14.1. The van der Waals surface area contributed by atoms with Crippen molar-refractivity contribution in [1.29, 1.82) is 0 Å². The first-order valence-electron chi connectivity index (χ1n) is 3.56. The van der Waals surface area contributed by atoms with Crippen LogP contribution in [0.1, 0.15) is 5.56 Å². The van der Waals surface area contributed by atoms with Gasteiger partial charge in [-0.1, -0.05) is 0 Å². The van der Waals surface area contributed by atoms with E-state index in [1.54, 1.807) is 6.20 Å². The largest absolute Gasteiger partial charge is 0.479 e. The SMILES string of the molecule is Cc1cnc(OCC(=O)O)c(Br)c1. The van der Waals surface area contributed by atoms with Crippen molar-refractivity contribution in [3.8, 4) is 5.88 Å². The topological polar surface area (TPSA) is 59.4 Å². The minimum atomic E-state index is -1.02. The molecule has 0 bridgehead atoms. The average molecular weight is 246 g/mol. The predicted molar refractivity (Wildman–Crippen MR) is 49.8 cm³/mol. The number of carboxylic acid groups (broad SMARTS) is 1. The second-order valence-electron chi connectivity index (χ2n) is 2.48. The predicted octanol–water partition coefficient (Wildman–Crippen LogP) is 1.62. The molecule has 0 saturated carbocycles. The van der Waals surface area contributed by atoms with Crippen LogP contribution in [-0.4, -0.2) is 22.7 Å². The first kappa shape index (κ1) is 9.98. The lowest BCUT2D eigenvalue weighted by Crippen LogP contribution is -2.10. The molecule has 0 aromatic carbocycles. The van der Waals surface area contributed by atoms with Crippen LogP contribution in [0.2, 0.25) is 0 Å². The van der Waals surface area contributed by atoms with Crippen LogP contribution in [0.5, 0.6) is 5.88 Å². The van der Waals surface area contributed by atoms with Crippen LogP contribution in [0.15, 0.2) is 16.7 Å². The molecule has 1 aromatic rings. The van der Waals surface area contributed by atoms with Crippen LogP contribution in [0.25, 0.3) is 0 Å². The molecule has 0 amide bonds. The van der Waals surface area contributed by atoms with Crippen molar-refractivity contribution in [2.45, 2.75) is 6.92 Å². The number of halogens is 1. The van der Waals surface area contributed by atoms with Crippen molar-refractivity contribution in [2.24, 2.45) is 0 Å². The van der Waals surface area contributed by atoms with Crippen LogP contribution < -0.4 is 4.74 Å². The Morgan fingerprint density at radius 3 is 3.00 bits per heavy atom. The van der Waals surface area contributed by atoms with Gasteiger partial charge in [0.05, 0.1) is 4.47 Å². The third-order valence-electron chi connectivity index (χ3n) is 1.28. The molecule has 0 radical (unpaired) electrons. The average Bonchev–Trinajstić information content (AvgIpc) is 2.02. The molecule has 13 heavy (non-hydrogen) atoms. The zero-order valence-electron chi connectivity index (χ0n) is 6.95. The summed E-state index contributed by atoms with van der Waals surface area (Å²) in [7, 11) is 0. The maximum atomic E-state index is 10.2. The maximum Gasteiger partial charge on any atom is 0.341 e. The van der Waals surface area contributed by atoms with Gasteiger partial charge in [-0.3, -0.25) is 0 Å². The number of aromatic nitrogens is 1. The van der Waals surface area contributed by atoms with Crippen molar-refractivity contribution in [2.75, 3.05) is 6.61 Å². The van der Waals surface area contributed by atoms with E-state index >= 15 is 0 Å². The number of nitrogens with zero attached hydrogens (tertiary/aromatic N) is 1. The zero-order valence-corrected chi connectivity index (χ0v) is 8.54. The summed E-state index contributed by atoms with van der Waals surface area (Å²) >= 11 is 3.22. The normalized spacial score (nSPS) is 9.69. The van der Waals surface area contributed by atoms with Crippen LogP contribution in [0.3, 0.4) is 0 Å². The Balaban J connectivity index is 2.72. The van der Waals surface area contributed by atoms with Gasteiger partial charge in [-0.25, -0.2) is 9.78 Å². The third-order valence-corrected chi connectivity index (χ3v) is 1.84. The van der Waals surface area contributed by atoms with Gasteiger partial charge >= 0.3 is 5.97 Å². The van der Waals surface area contributed by atoms with Crippen molar-refractivity contribution in [1.82, 2.24) is 4.98 Å². The molecule has 0 fully saturated rings. The highest BCUT2D eigenvalue weighted by atomic mass is 79.9. The van der Waals surface area contributed by atoms with Crippen LogP contribution in [-0.2, 0) is 4.79 Å². The van der Waals surface area contributed by atoms with E-state index in [1.807, 2.05) is 13.0 Å². The molecular weight excluding hydrogens is 238 g/mol.